The molecule has 1 aromatic carbocycles. The average molecular weight is 322 g/mol. The maximum atomic E-state index is 11.9. The zero-order valence-electron chi connectivity index (χ0n) is 12.9. The molecule has 1 aliphatic heterocycles. The largest absolute Gasteiger partial charge is 0.491 e. The zero-order chi connectivity index (χ0) is 16.2. The van der Waals surface area contributed by atoms with Crippen LogP contribution in [0.15, 0.2) is 18.2 Å². The highest BCUT2D eigenvalue weighted by Crippen LogP contribution is 2.35. The van der Waals surface area contributed by atoms with Gasteiger partial charge >= 0.3 is 0 Å². The second-order valence-corrected chi connectivity index (χ2v) is 6.00. The molecular formula is C16H22N2O5. The molecule has 2 aliphatic rings. The van der Waals surface area contributed by atoms with Gasteiger partial charge in [0.05, 0.1) is 0 Å². The summed E-state index contributed by atoms with van der Waals surface area (Å²) in [6.07, 6.45) is 1.64. The van der Waals surface area contributed by atoms with Gasteiger partial charge in [-0.1, -0.05) is 0 Å². The lowest BCUT2D eigenvalue weighted by atomic mass is 10.1. The Bertz CT molecular complexity index is 565. The first kappa shape index (κ1) is 15.9. The van der Waals surface area contributed by atoms with Crippen molar-refractivity contribution < 1.29 is 24.1 Å². The number of benzene rings is 1. The van der Waals surface area contributed by atoms with Crippen LogP contribution in [-0.2, 0) is 4.79 Å². The number of amides is 1. The predicted molar refractivity (Wildman–Crippen MR) is 82.4 cm³/mol. The second kappa shape index (κ2) is 7.06. The third-order valence-electron chi connectivity index (χ3n) is 4.14. The predicted octanol–water partition coefficient (Wildman–Crippen LogP) is 0.399. The van der Waals surface area contributed by atoms with Gasteiger partial charge in [-0.2, -0.15) is 0 Å². The smallest absolute Gasteiger partial charge is 0.231 e. The molecule has 0 radical (unpaired) electrons. The normalized spacial score (nSPS) is 23.6. The number of ether oxygens (including phenoxy) is 3. The fraction of sp³-hybridized carbons (Fsp3) is 0.562. The number of aliphatic hydroxyl groups is 1. The summed E-state index contributed by atoms with van der Waals surface area (Å²) in [5.74, 6) is 1.82. The standard InChI is InChI=1S/C16H22N2O5/c17-11-2-1-10(5-11)16(20)18-7-12(19)8-21-13-3-4-14-15(6-13)23-9-22-14/h3-4,6,10-12,19H,1-2,5,7-9,17H2,(H,18,20). The molecule has 3 atom stereocenters. The average Bonchev–Trinajstić information content (AvgIpc) is 3.18. The van der Waals surface area contributed by atoms with E-state index < -0.39 is 6.10 Å². The van der Waals surface area contributed by atoms with Gasteiger partial charge in [0.25, 0.3) is 0 Å². The molecule has 3 unspecified atom stereocenters. The summed E-state index contributed by atoms with van der Waals surface area (Å²) in [4.78, 5) is 11.9. The van der Waals surface area contributed by atoms with Gasteiger partial charge < -0.3 is 30.4 Å². The first-order valence-corrected chi connectivity index (χ1v) is 7.85. The van der Waals surface area contributed by atoms with Crippen LogP contribution in [0.1, 0.15) is 19.3 Å². The van der Waals surface area contributed by atoms with E-state index in [-0.39, 0.29) is 37.8 Å². The molecule has 0 spiro atoms. The molecule has 0 aromatic heterocycles. The van der Waals surface area contributed by atoms with E-state index in [4.69, 9.17) is 19.9 Å². The van der Waals surface area contributed by atoms with E-state index in [9.17, 15) is 9.90 Å². The fourth-order valence-electron chi connectivity index (χ4n) is 2.84. The molecule has 0 bridgehead atoms. The summed E-state index contributed by atoms with van der Waals surface area (Å²) in [7, 11) is 0. The van der Waals surface area contributed by atoms with E-state index >= 15 is 0 Å². The molecule has 1 fully saturated rings. The van der Waals surface area contributed by atoms with Crippen molar-refractivity contribution in [2.24, 2.45) is 11.7 Å². The maximum Gasteiger partial charge on any atom is 0.231 e. The van der Waals surface area contributed by atoms with Crippen molar-refractivity contribution in [2.75, 3.05) is 19.9 Å². The molecule has 1 amide bonds. The summed E-state index contributed by atoms with van der Waals surface area (Å²) in [6, 6.07) is 5.34. The third-order valence-corrected chi connectivity index (χ3v) is 4.14. The van der Waals surface area contributed by atoms with Gasteiger partial charge in [-0.15, -0.1) is 0 Å². The number of hydrogen-bond acceptors (Lipinski definition) is 6. The lowest BCUT2D eigenvalue weighted by Crippen LogP contribution is -2.38. The first-order chi connectivity index (χ1) is 11.1. The maximum absolute atomic E-state index is 11.9. The Morgan fingerprint density at radius 1 is 1.39 bits per heavy atom. The lowest BCUT2D eigenvalue weighted by molar-refractivity contribution is -0.125. The van der Waals surface area contributed by atoms with Crippen LogP contribution in [0.3, 0.4) is 0 Å². The molecule has 1 aromatic rings. The van der Waals surface area contributed by atoms with E-state index in [0.717, 1.165) is 19.3 Å². The molecule has 1 aliphatic carbocycles. The highest BCUT2D eigenvalue weighted by Gasteiger charge is 2.27. The van der Waals surface area contributed by atoms with Crippen LogP contribution in [0.5, 0.6) is 17.2 Å². The molecule has 7 nitrogen and oxygen atoms in total. The summed E-state index contributed by atoms with van der Waals surface area (Å²) in [5, 5.41) is 12.7. The van der Waals surface area contributed by atoms with Crippen LogP contribution in [0.2, 0.25) is 0 Å². The SMILES string of the molecule is NC1CCC(C(=O)NCC(O)COc2ccc3c(c2)OCO3)C1. The Labute approximate surface area is 134 Å². The van der Waals surface area contributed by atoms with Crippen molar-refractivity contribution >= 4 is 5.91 Å². The number of carbonyl (C=O) groups is 1. The lowest BCUT2D eigenvalue weighted by Gasteiger charge is -2.15. The molecule has 23 heavy (non-hydrogen) atoms. The number of hydrogen-bond donors (Lipinski definition) is 3. The fourth-order valence-corrected chi connectivity index (χ4v) is 2.84. The van der Waals surface area contributed by atoms with E-state index in [1.165, 1.54) is 0 Å². The Kier molecular flexibility index (Phi) is 4.88. The Balaban J connectivity index is 1.39. The summed E-state index contributed by atoms with van der Waals surface area (Å²) >= 11 is 0. The van der Waals surface area contributed by atoms with E-state index in [1.54, 1.807) is 18.2 Å². The van der Waals surface area contributed by atoms with Crippen molar-refractivity contribution in [3.05, 3.63) is 18.2 Å². The first-order valence-electron chi connectivity index (χ1n) is 7.85. The minimum Gasteiger partial charge on any atom is -0.491 e. The minimum atomic E-state index is -0.778. The summed E-state index contributed by atoms with van der Waals surface area (Å²) in [6.45, 7) is 0.456. The molecule has 126 valence electrons. The van der Waals surface area contributed by atoms with Crippen molar-refractivity contribution in [3.63, 3.8) is 0 Å². The van der Waals surface area contributed by atoms with Crippen molar-refractivity contribution in [1.29, 1.82) is 0 Å². The Morgan fingerprint density at radius 2 is 2.22 bits per heavy atom. The van der Waals surface area contributed by atoms with Gasteiger partial charge in [-0.05, 0) is 31.4 Å². The number of fused-ring (bicyclic) bond motifs is 1. The number of nitrogens with two attached hydrogens (primary N) is 1. The van der Waals surface area contributed by atoms with E-state index in [2.05, 4.69) is 5.32 Å². The van der Waals surface area contributed by atoms with Gasteiger partial charge in [-0.3, -0.25) is 4.79 Å². The topological polar surface area (TPSA) is 103 Å². The van der Waals surface area contributed by atoms with Gasteiger partial charge in [0.1, 0.15) is 18.5 Å². The number of rotatable bonds is 6. The van der Waals surface area contributed by atoms with E-state index in [1.807, 2.05) is 0 Å². The number of nitrogens with one attached hydrogen (secondary N) is 1. The van der Waals surface area contributed by atoms with Crippen LogP contribution in [0, 0.1) is 5.92 Å². The number of aliphatic hydroxyl groups excluding tert-OH is 1. The van der Waals surface area contributed by atoms with Crippen molar-refractivity contribution in [3.8, 4) is 17.2 Å². The van der Waals surface area contributed by atoms with Crippen molar-refractivity contribution in [2.45, 2.75) is 31.4 Å². The van der Waals surface area contributed by atoms with E-state index in [0.29, 0.717) is 17.2 Å². The zero-order valence-corrected chi connectivity index (χ0v) is 12.9. The summed E-state index contributed by atoms with van der Waals surface area (Å²) in [5.41, 5.74) is 5.80. The molecule has 0 saturated heterocycles. The highest BCUT2D eigenvalue weighted by atomic mass is 16.7. The summed E-state index contributed by atoms with van der Waals surface area (Å²) < 4.78 is 16.0. The minimum absolute atomic E-state index is 0.0352. The molecule has 1 saturated carbocycles. The Morgan fingerprint density at radius 3 is 3.00 bits per heavy atom. The monoisotopic (exact) mass is 322 g/mol. The van der Waals surface area contributed by atoms with Gasteiger partial charge in [-0.25, -0.2) is 0 Å². The highest BCUT2D eigenvalue weighted by molar-refractivity contribution is 5.79. The van der Waals surface area contributed by atoms with Crippen molar-refractivity contribution in [1.82, 2.24) is 5.32 Å². The third kappa shape index (κ3) is 4.05. The van der Waals surface area contributed by atoms with Gasteiger partial charge in [0.15, 0.2) is 11.5 Å². The van der Waals surface area contributed by atoms with Crippen LogP contribution in [-0.4, -0.2) is 43.1 Å². The molecular weight excluding hydrogens is 300 g/mol. The van der Waals surface area contributed by atoms with Crippen LogP contribution < -0.4 is 25.3 Å². The Hall–Kier alpha value is -1.99. The van der Waals surface area contributed by atoms with Crippen LogP contribution >= 0.6 is 0 Å². The van der Waals surface area contributed by atoms with Crippen LogP contribution in [0.25, 0.3) is 0 Å². The molecule has 3 rings (SSSR count). The molecule has 1 heterocycles. The quantitative estimate of drug-likeness (QED) is 0.700. The second-order valence-electron chi connectivity index (χ2n) is 6.00. The molecule has 7 heteroatoms. The molecule has 4 N–H and O–H groups in total. The van der Waals surface area contributed by atoms with Gasteiger partial charge in [0, 0.05) is 24.6 Å². The number of carbonyl (C=O) groups excluding carboxylic acids is 1. The van der Waals surface area contributed by atoms with Crippen LogP contribution in [0.4, 0.5) is 0 Å². The van der Waals surface area contributed by atoms with Gasteiger partial charge in [0.2, 0.25) is 12.7 Å².